The Kier molecular flexibility index (Phi) is 6.62. The minimum atomic E-state index is -5.09. The number of hydrogen-bond acceptors (Lipinski definition) is 4. The van der Waals surface area contributed by atoms with Crippen LogP contribution in [0.5, 0.6) is 5.75 Å². The Morgan fingerprint density at radius 3 is 2.67 bits per heavy atom. The highest BCUT2D eigenvalue weighted by molar-refractivity contribution is 7.89. The minimum absolute atomic E-state index is 0.00427. The first-order valence-corrected chi connectivity index (χ1v) is 12.0. The van der Waals surface area contributed by atoms with Crippen molar-refractivity contribution in [2.24, 2.45) is 0 Å². The van der Waals surface area contributed by atoms with Crippen molar-refractivity contribution >= 4 is 15.9 Å². The Balaban J connectivity index is 1.77. The first-order valence-electron chi connectivity index (χ1n) is 10.4. The summed E-state index contributed by atoms with van der Waals surface area (Å²) in [5.41, 5.74) is 1.67. The lowest BCUT2D eigenvalue weighted by atomic mass is 9.89. The number of fused-ring (bicyclic) bond motifs is 5. The van der Waals surface area contributed by atoms with Gasteiger partial charge in [0, 0.05) is 12.1 Å². The van der Waals surface area contributed by atoms with E-state index in [0.717, 1.165) is 0 Å². The van der Waals surface area contributed by atoms with Crippen molar-refractivity contribution in [2.45, 2.75) is 43.3 Å². The van der Waals surface area contributed by atoms with Crippen molar-refractivity contribution < 1.29 is 35.5 Å². The summed E-state index contributed by atoms with van der Waals surface area (Å²) in [7, 11) is -5.09. The van der Waals surface area contributed by atoms with Crippen LogP contribution in [0, 0.1) is 5.82 Å². The molecule has 0 aromatic heterocycles. The summed E-state index contributed by atoms with van der Waals surface area (Å²) in [5, 5.41) is 0. The number of alkyl halides is 3. The van der Waals surface area contributed by atoms with Crippen molar-refractivity contribution in [3.05, 3.63) is 53.8 Å². The van der Waals surface area contributed by atoms with Gasteiger partial charge in [0.15, 0.2) is 11.6 Å². The number of carbonyl (C=O) groups is 1. The number of nitrogens with zero attached hydrogens (tertiary/aromatic N) is 1. The molecule has 1 amide bonds. The Labute approximate surface area is 188 Å². The standard InChI is InChI=1S/C22H22F4N2O4S/c23-16-7-9-28-18(20(16)27-33(30,31)22(25)26)12-13-3-1-4-14(11-13)15-5-2-6-17(24)21(15)32-10-8-19(28)29/h1-6,11,16,18,20,22,27H,7-10,12H2. The van der Waals surface area contributed by atoms with Gasteiger partial charge in [-0.25, -0.2) is 21.9 Å². The van der Waals surface area contributed by atoms with Gasteiger partial charge in [0.1, 0.15) is 6.17 Å². The molecule has 2 aromatic carbocycles. The third-order valence-corrected chi connectivity index (χ3v) is 6.99. The summed E-state index contributed by atoms with van der Waals surface area (Å²) in [5.74, 6) is -4.78. The first-order chi connectivity index (χ1) is 15.7. The average Bonchev–Trinajstić information content (AvgIpc) is 2.76. The van der Waals surface area contributed by atoms with E-state index in [-0.39, 0.29) is 38.2 Å². The van der Waals surface area contributed by atoms with Crippen LogP contribution in [0.4, 0.5) is 17.6 Å². The Hall–Kier alpha value is -2.66. The Morgan fingerprint density at radius 2 is 1.91 bits per heavy atom. The second-order valence-corrected chi connectivity index (χ2v) is 9.71. The number of amides is 1. The molecule has 2 aliphatic rings. The molecule has 0 saturated carbocycles. The van der Waals surface area contributed by atoms with Crippen LogP contribution in [0.3, 0.4) is 0 Å². The number of hydrogen-bond donors (Lipinski definition) is 1. The highest BCUT2D eigenvalue weighted by Crippen LogP contribution is 2.34. The zero-order chi connectivity index (χ0) is 23.8. The van der Waals surface area contributed by atoms with Crippen LogP contribution in [0.2, 0.25) is 0 Å². The van der Waals surface area contributed by atoms with Gasteiger partial charge in [-0.3, -0.25) is 4.79 Å². The van der Waals surface area contributed by atoms with E-state index < -0.39 is 45.8 Å². The number of nitrogens with one attached hydrogen (secondary N) is 1. The fourth-order valence-corrected chi connectivity index (χ4v) is 5.14. The maximum Gasteiger partial charge on any atom is 0.350 e. The van der Waals surface area contributed by atoms with E-state index in [1.807, 2.05) is 0 Å². The number of carbonyl (C=O) groups excluding carboxylic acids is 1. The van der Waals surface area contributed by atoms with Gasteiger partial charge >= 0.3 is 5.76 Å². The molecular formula is C22H22F4N2O4S. The lowest BCUT2D eigenvalue weighted by Gasteiger charge is -2.43. The molecule has 0 spiro atoms. The van der Waals surface area contributed by atoms with E-state index in [1.54, 1.807) is 35.1 Å². The van der Waals surface area contributed by atoms with Gasteiger partial charge < -0.3 is 9.64 Å². The van der Waals surface area contributed by atoms with Gasteiger partial charge in [0.05, 0.1) is 25.1 Å². The van der Waals surface area contributed by atoms with Crippen LogP contribution in [0.15, 0.2) is 42.5 Å². The molecule has 1 saturated heterocycles. The maximum absolute atomic E-state index is 14.8. The smallest absolute Gasteiger partial charge is 0.350 e. The van der Waals surface area contributed by atoms with Crippen LogP contribution < -0.4 is 9.46 Å². The fourth-order valence-electron chi connectivity index (χ4n) is 4.36. The number of ether oxygens (including phenoxy) is 1. The molecule has 0 aliphatic carbocycles. The molecule has 11 heteroatoms. The van der Waals surface area contributed by atoms with Crippen molar-refractivity contribution in [2.75, 3.05) is 13.2 Å². The lowest BCUT2D eigenvalue weighted by molar-refractivity contribution is -0.137. The van der Waals surface area contributed by atoms with E-state index in [9.17, 15) is 30.8 Å². The summed E-state index contributed by atoms with van der Waals surface area (Å²) in [6.07, 6.45) is -2.13. The highest BCUT2D eigenvalue weighted by atomic mass is 32.2. The monoisotopic (exact) mass is 486 g/mol. The van der Waals surface area contributed by atoms with Crippen LogP contribution in [0.25, 0.3) is 11.1 Å². The second-order valence-electron chi connectivity index (χ2n) is 8.03. The lowest BCUT2D eigenvalue weighted by Crippen LogP contribution is -2.63. The average molecular weight is 486 g/mol. The molecule has 2 bridgehead atoms. The van der Waals surface area contributed by atoms with E-state index >= 15 is 0 Å². The molecule has 2 aliphatic heterocycles. The van der Waals surface area contributed by atoms with Gasteiger partial charge in [0.25, 0.3) is 10.0 Å². The molecule has 2 heterocycles. The van der Waals surface area contributed by atoms with Crippen molar-refractivity contribution in [1.29, 1.82) is 0 Å². The predicted molar refractivity (Wildman–Crippen MR) is 113 cm³/mol. The van der Waals surface area contributed by atoms with Crippen LogP contribution in [-0.2, 0) is 21.2 Å². The minimum Gasteiger partial charge on any atom is -0.489 e. The topological polar surface area (TPSA) is 75.7 Å². The van der Waals surface area contributed by atoms with E-state index in [2.05, 4.69) is 0 Å². The van der Waals surface area contributed by atoms with Crippen LogP contribution in [0.1, 0.15) is 18.4 Å². The Morgan fingerprint density at radius 1 is 1.15 bits per heavy atom. The zero-order valence-electron chi connectivity index (χ0n) is 17.4. The molecule has 6 nitrogen and oxygen atoms in total. The number of rotatable bonds is 3. The largest absolute Gasteiger partial charge is 0.489 e. The van der Waals surface area contributed by atoms with Gasteiger partial charge in [-0.2, -0.15) is 8.78 Å². The van der Waals surface area contributed by atoms with Crippen LogP contribution >= 0.6 is 0 Å². The molecular weight excluding hydrogens is 464 g/mol. The number of halogens is 4. The van der Waals surface area contributed by atoms with Gasteiger partial charge in [-0.1, -0.05) is 36.4 Å². The Bertz CT molecular complexity index is 1140. The van der Waals surface area contributed by atoms with E-state index in [1.165, 1.54) is 17.0 Å². The number of para-hydroxylation sites is 1. The molecule has 4 rings (SSSR count). The van der Waals surface area contributed by atoms with Crippen molar-refractivity contribution in [3.63, 3.8) is 0 Å². The summed E-state index contributed by atoms with van der Waals surface area (Å²) in [6.45, 7) is -0.176. The summed E-state index contributed by atoms with van der Waals surface area (Å²) in [4.78, 5) is 14.2. The summed E-state index contributed by atoms with van der Waals surface area (Å²) >= 11 is 0. The van der Waals surface area contributed by atoms with Gasteiger partial charge in [0.2, 0.25) is 5.91 Å². The van der Waals surface area contributed by atoms with Crippen LogP contribution in [-0.4, -0.2) is 56.4 Å². The van der Waals surface area contributed by atoms with E-state index in [0.29, 0.717) is 16.7 Å². The molecule has 3 atom stereocenters. The molecule has 33 heavy (non-hydrogen) atoms. The molecule has 1 N–H and O–H groups in total. The first kappa shape index (κ1) is 23.5. The SMILES string of the molecule is O=C1CCOc2c(F)cccc2-c2cccc(c2)CC2C(NS(=O)(=O)C(F)F)C(F)CCN12. The third kappa shape index (κ3) is 4.84. The third-order valence-electron chi connectivity index (χ3n) is 5.92. The summed E-state index contributed by atoms with van der Waals surface area (Å²) < 4.78 is 86.3. The fraction of sp³-hybridized carbons (Fsp3) is 0.409. The normalized spacial score (nSPS) is 23.7. The number of sulfonamides is 1. The highest BCUT2D eigenvalue weighted by Gasteiger charge is 2.44. The quantitative estimate of drug-likeness (QED) is 0.676. The molecule has 178 valence electrons. The van der Waals surface area contributed by atoms with Gasteiger partial charge in [-0.05, 0) is 30.0 Å². The van der Waals surface area contributed by atoms with Gasteiger partial charge in [-0.15, -0.1) is 0 Å². The summed E-state index contributed by atoms with van der Waals surface area (Å²) in [6, 6.07) is 8.67. The number of piperidine rings is 1. The zero-order valence-corrected chi connectivity index (χ0v) is 18.2. The second kappa shape index (κ2) is 9.30. The maximum atomic E-state index is 14.8. The molecule has 3 unspecified atom stereocenters. The van der Waals surface area contributed by atoms with E-state index in [4.69, 9.17) is 4.74 Å². The van der Waals surface area contributed by atoms with Crippen molar-refractivity contribution in [1.82, 2.24) is 9.62 Å². The van der Waals surface area contributed by atoms with Crippen molar-refractivity contribution in [3.8, 4) is 16.9 Å². The number of benzene rings is 2. The molecule has 1 fully saturated rings. The molecule has 2 aromatic rings. The predicted octanol–water partition coefficient (Wildman–Crippen LogP) is 3.27. The molecule has 0 radical (unpaired) electrons.